The second kappa shape index (κ2) is 9.06. The lowest BCUT2D eigenvalue weighted by Gasteiger charge is -2.26. The highest BCUT2D eigenvalue weighted by Crippen LogP contribution is 2.27. The molecule has 118 valence electrons. The van der Waals surface area contributed by atoms with E-state index in [4.69, 9.17) is 9.47 Å². The van der Waals surface area contributed by atoms with Crippen molar-refractivity contribution in [3.05, 3.63) is 29.8 Å². The molecule has 1 aliphatic rings. The normalized spacial score (nSPS) is 17.6. The summed E-state index contributed by atoms with van der Waals surface area (Å²) in [4.78, 5) is 0. The largest absolute Gasteiger partial charge is 0.494 e. The summed E-state index contributed by atoms with van der Waals surface area (Å²) < 4.78 is 11.9. The van der Waals surface area contributed by atoms with Gasteiger partial charge in [0.15, 0.2) is 0 Å². The SMILES string of the molecule is CCNC(COC1CCCCC1)c1ccccc1OCC. The predicted molar refractivity (Wildman–Crippen MR) is 86.9 cm³/mol. The van der Waals surface area contributed by atoms with Crippen molar-refractivity contribution in [3.63, 3.8) is 0 Å². The van der Waals surface area contributed by atoms with E-state index in [0.717, 1.165) is 18.9 Å². The van der Waals surface area contributed by atoms with Crippen LogP contribution in [0.5, 0.6) is 5.75 Å². The molecule has 0 amide bonds. The van der Waals surface area contributed by atoms with E-state index in [0.29, 0.717) is 12.7 Å². The van der Waals surface area contributed by atoms with Crippen molar-refractivity contribution in [1.29, 1.82) is 0 Å². The Balaban J connectivity index is 2.00. The van der Waals surface area contributed by atoms with E-state index < -0.39 is 0 Å². The first-order valence-electron chi connectivity index (χ1n) is 8.41. The fourth-order valence-corrected chi connectivity index (χ4v) is 3.02. The minimum atomic E-state index is 0.208. The minimum absolute atomic E-state index is 0.208. The molecule has 0 aliphatic heterocycles. The second-order valence-corrected chi connectivity index (χ2v) is 5.67. The Kier molecular flexibility index (Phi) is 7.04. The third-order valence-electron chi connectivity index (χ3n) is 4.10. The predicted octanol–water partition coefficient (Wildman–Crippen LogP) is 4.09. The zero-order chi connectivity index (χ0) is 14.9. The molecule has 1 atom stereocenters. The van der Waals surface area contributed by atoms with Crippen LogP contribution in [0.3, 0.4) is 0 Å². The van der Waals surface area contributed by atoms with Crippen molar-refractivity contribution in [3.8, 4) is 5.75 Å². The van der Waals surface area contributed by atoms with Crippen LogP contribution in [-0.4, -0.2) is 25.9 Å². The van der Waals surface area contributed by atoms with Crippen LogP contribution in [0.15, 0.2) is 24.3 Å². The van der Waals surface area contributed by atoms with Gasteiger partial charge in [-0.05, 0) is 32.4 Å². The number of hydrogen-bond acceptors (Lipinski definition) is 3. The topological polar surface area (TPSA) is 30.5 Å². The van der Waals surface area contributed by atoms with Crippen molar-refractivity contribution in [2.45, 2.75) is 58.1 Å². The highest BCUT2D eigenvalue weighted by Gasteiger charge is 2.19. The van der Waals surface area contributed by atoms with E-state index in [1.54, 1.807) is 0 Å². The first-order chi connectivity index (χ1) is 10.3. The molecule has 21 heavy (non-hydrogen) atoms. The summed E-state index contributed by atoms with van der Waals surface area (Å²) in [5, 5.41) is 3.53. The maximum atomic E-state index is 6.17. The molecule has 1 saturated carbocycles. The van der Waals surface area contributed by atoms with E-state index in [9.17, 15) is 0 Å². The van der Waals surface area contributed by atoms with Crippen molar-refractivity contribution in [2.75, 3.05) is 19.8 Å². The van der Waals surface area contributed by atoms with Gasteiger partial charge in [0, 0.05) is 5.56 Å². The molecular formula is C18H29NO2. The van der Waals surface area contributed by atoms with Crippen molar-refractivity contribution in [2.24, 2.45) is 0 Å². The average molecular weight is 291 g/mol. The molecule has 3 heteroatoms. The summed E-state index contributed by atoms with van der Waals surface area (Å²) in [7, 11) is 0. The fourth-order valence-electron chi connectivity index (χ4n) is 3.02. The lowest BCUT2D eigenvalue weighted by Crippen LogP contribution is -2.29. The minimum Gasteiger partial charge on any atom is -0.494 e. The molecule has 1 fully saturated rings. The summed E-state index contributed by atoms with van der Waals surface area (Å²) in [5.74, 6) is 0.971. The molecule has 2 rings (SSSR count). The Morgan fingerprint density at radius 1 is 1.14 bits per heavy atom. The zero-order valence-electron chi connectivity index (χ0n) is 13.4. The Hall–Kier alpha value is -1.06. The van der Waals surface area contributed by atoms with Gasteiger partial charge in [-0.15, -0.1) is 0 Å². The molecule has 0 radical (unpaired) electrons. The van der Waals surface area contributed by atoms with Crippen LogP contribution in [0, 0.1) is 0 Å². The van der Waals surface area contributed by atoms with Crippen LogP contribution >= 0.6 is 0 Å². The number of rotatable bonds is 8. The number of nitrogens with one attached hydrogen (secondary N) is 1. The van der Waals surface area contributed by atoms with Gasteiger partial charge in [-0.25, -0.2) is 0 Å². The first kappa shape index (κ1) is 16.3. The van der Waals surface area contributed by atoms with E-state index >= 15 is 0 Å². The number of para-hydroxylation sites is 1. The lowest BCUT2D eigenvalue weighted by molar-refractivity contribution is 0.0154. The van der Waals surface area contributed by atoms with Crippen molar-refractivity contribution < 1.29 is 9.47 Å². The van der Waals surface area contributed by atoms with E-state index in [1.807, 2.05) is 19.1 Å². The number of ether oxygens (including phenoxy) is 2. The van der Waals surface area contributed by atoms with Gasteiger partial charge >= 0.3 is 0 Å². The quantitative estimate of drug-likeness (QED) is 0.782. The van der Waals surface area contributed by atoms with Crippen molar-refractivity contribution >= 4 is 0 Å². The van der Waals surface area contributed by atoms with Crippen LogP contribution in [0.2, 0.25) is 0 Å². The summed E-state index contributed by atoms with van der Waals surface area (Å²) in [6.45, 7) is 6.51. The van der Waals surface area contributed by atoms with Crippen LogP contribution in [0.25, 0.3) is 0 Å². The van der Waals surface area contributed by atoms with Gasteiger partial charge in [0.1, 0.15) is 5.75 Å². The van der Waals surface area contributed by atoms with E-state index in [2.05, 4.69) is 24.4 Å². The van der Waals surface area contributed by atoms with Gasteiger partial charge in [-0.1, -0.05) is 44.4 Å². The second-order valence-electron chi connectivity index (χ2n) is 5.67. The van der Waals surface area contributed by atoms with Crippen LogP contribution in [0.1, 0.15) is 57.6 Å². The van der Waals surface area contributed by atoms with Gasteiger partial charge in [-0.3, -0.25) is 0 Å². The summed E-state index contributed by atoms with van der Waals surface area (Å²) in [6.07, 6.45) is 6.86. The van der Waals surface area contributed by atoms with Crippen LogP contribution in [-0.2, 0) is 4.74 Å². The summed E-state index contributed by atoms with van der Waals surface area (Å²) in [5.41, 5.74) is 1.21. The van der Waals surface area contributed by atoms with Crippen LogP contribution < -0.4 is 10.1 Å². The van der Waals surface area contributed by atoms with Gasteiger partial charge in [0.2, 0.25) is 0 Å². The fraction of sp³-hybridized carbons (Fsp3) is 0.667. The molecule has 1 aromatic carbocycles. The smallest absolute Gasteiger partial charge is 0.124 e. The van der Waals surface area contributed by atoms with Gasteiger partial charge in [-0.2, -0.15) is 0 Å². The standard InChI is InChI=1S/C18H29NO2/c1-3-19-17(14-21-15-10-6-5-7-11-15)16-12-8-9-13-18(16)20-4-2/h8-9,12-13,15,17,19H,3-7,10-11,14H2,1-2H3. The molecule has 3 nitrogen and oxygen atoms in total. The monoisotopic (exact) mass is 291 g/mol. The Bertz CT molecular complexity index is 402. The molecule has 0 aromatic heterocycles. The average Bonchev–Trinajstić information content (AvgIpc) is 2.53. The molecule has 0 spiro atoms. The van der Waals surface area contributed by atoms with E-state index in [1.165, 1.54) is 37.7 Å². The van der Waals surface area contributed by atoms with Crippen molar-refractivity contribution in [1.82, 2.24) is 5.32 Å². The lowest BCUT2D eigenvalue weighted by atomic mass is 9.97. The molecule has 1 aromatic rings. The molecular weight excluding hydrogens is 262 g/mol. The molecule has 0 heterocycles. The zero-order valence-corrected chi connectivity index (χ0v) is 13.4. The third-order valence-corrected chi connectivity index (χ3v) is 4.10. The number of hydrogen-bond donors (Lipinski definition) is 1. The highest BCUT2D eigenvalue weighted by molar-refractivity contribution is 5.36. The third kappa shape index (κ3) is 5.01. The Morgan fingerprint density at radius 2 is 1.90 bits per heavy atom. The maximum absolute atomic E-state index is 6.17. The first-order valence-corrected chi connectivity index (χ1v) is 8.41. The maximum Gasteiger partial charge on any atom is 0.124 e. The molecule has 0 bridgehead atoms. The van der Waals surface area contributed by atoms with Crippen LogP contribution in [0.4, 0.5) is 0 Å². The summed E-state index contributed by atoms with van der Waals surface area (Å²) >= 11 is 0. The Labute approximate surface area is 129 Å². The number of benzene rings is 1. The van der Waals surface area contributed by atoms with Gasteiger partial charge in [0.25, 0.3) is 0 Å². The van der Waals surface area contributed by atoms with Gasteiger partial charge in [0.05, 0.1) is 25.4 Å². The number of likely N-dealkylation sites (N-methyl/N-ethyl adjacent to an activating group) is 1. The molecule has 1 N–H and O–H groups in total. The molecule has 1 unspecified atom stereocenters. The Morgan fingerprint density at radius 3 is 2.62 bits per heavy atom. The molecule has 1 aliphatic carbocycles. The highest BCUT2D eigenvalue weighted by atomic mass is 16.5. The van der Waals surface area contributed by atoms with Gasteiger partial charge < -0.3 is 14.8 Å². The summed E-state index contributed by atoms with van der Waals surface area (Å²) in [6, 6.07) is 8.49. The molecule has 0 saturated heterocycles. The van der Waals surface area contributed by atoms with E-state index in [-0.39, 0.29) is 6.04 Å².